The van der Waals surface area contributed by atoms with Gasteiger partial charge in [0.1, 0.15) is 17.3 Å². The van der Waals surface area contributed by atoms with Crippen LogP contribution in [0.5, 0.6) is 0 Å². The molecule has 0 saturated heterocycles. The van der Waals surface area contributed by atoms with E-state index >= 15 is 0 Å². The van der Waals surface area contributed by atoms with E-state index in [1.165, 1.54) is 29.5 Å². The van der Waals surface area contributed by atoms with E-state index in [9.17, 15) is 14.0 Å². The number of likely N-dealkylation sites (N-methyl/N-ethyl adjacent to an activating group) is 1. The van der Waals surface area contributed by atoms with Crippen LogP contribution in [0.3, 0.4) is 0 Å². The van der Waals surface area contributed by atoms with Gasteiger partial charge in [-0.1, -0.05) is 12.8 Å². The molecule has 2 amide bonds. The lowest BCUT2D eigenvalue weighted by atomic mass is 9.99. The number of aryl methyl sites for hydroxylation is 3. The van der Waals surface area contributed by atoms with Crippen LogP contribution >= 0.6 is 0 Å². The normalized spacial score (nSPS) is 13.7. The summed E-state index contributed by atoms with van der Waals surface area (Å²) in [5.74, 6) is 0.753. The van der Waals surface area contributed by atoms with Gasteiger partial charge >= 0.3 is 6.03 Å². The van der Waals surface area contributed by atoms with E-state index in [-0.39, 0.29) is 11.2 Å². The third kappa shape index (κ3) is 6.07. The Hall–Kier alpha value is -4.32. The number of rotatable bonds is 8. The summed E-state index contributed by atoms with van der Waals surface area (Å²) in [5, 5.41) is 13.7. The standard InChI is InChI=1S/C29H36FN9O2/c1-17-12-22(30)24(33-29(41)34-25-15-23(36-39(25)5)18-8-6-7-9-18)14-20(17)21-13-19-16-32-28(31-10-11-37(2)3)35-26(19)38(4)27(21)40/h12-16,18H,6-11H2,1-5H3,(H,31,32,35)(H2,33,34,41). The number of fused-ring (bicyclic) bond motifs is 1. The monoisotopic (exact) mass is 561 g/mol. The molecular formula is C29H36FN9O2. The number of amides is 2. The Balaban J connectivity index is 1.39. The highest BCUT2D eigenvalue weighted by Gasteiger charge is 2.22. The minimum atomic E-state index is -0.604. The molecule has 41 heavy (non-hydrogen) atoms. The minimum Gasteiger partial charge on any atom is -0.353 e. The zero-order chi connectivity index (χ0) is 29.3. The van der Waals surface area contributed by atoms with Gasteiger partial charge < -0.3 is 15.5 Å². The quantitative estimate of drug-likeness (QED) is 0.291. The SMILES string of the molecule is Cc1cc(F)c(NC(=O)Nc2cc(C3CCCC3)nn2C)cc1-c1cc2cnc(NCCN(C)C)nc2n(C)c1=O. The van der Waals surface area contributed by atoms with Gasteiger partial charge in [-0.2, -0.15) is 10.1 Å². The molecule has 1 saturated carbocycles. The van der Waals surface area contributed by atoms with E-state index in [0.717, 1.165) is 25.1 Å². The summed E-state index contributed by atoms with van der Waals surface area (Å²) in [6.45, 7) is 3.19. The number of anilines is 3. The van der Waals surface area contributed by atoms with Crippen LogP contribution in [0.4, 0.5) is 26.6 Å². The van der Waals surface area contributed by atoms with Crippen LogP contribution in [0.25, 0.3) is 22.2 Å². The summed E-state index contributed by atoms with van der Waals surface area (Å²) in [6.07, 6.45) is 6.21. The number of benzene rings is 1. The number of nitrogens with one attached hydrogen (secondary N) is 3. The molecule has 216 valence electrons. The van der Waals surface area contributed by atoms with Crippen molar-refractivity contribution >= 4 is 34.5 Å². The van der Waals surface area contributed by atoms with E-state index in [4.69, 9.17) is 0 Å². The van der Waals surface area contributed by atoms with E-state index in [0.29, 0.717) is 52.0 Å². The Bertz CT molecular complexity index is 1650. The van der Waals surface area contributed by atoms with Gasteiger partial charge in [-0.25, -0.2) is 14.2 Å². The fourth-order valence-electron chi connectivity index (χ4n) is 5.27. The highest BCUT2D eigenvalue weighted by Crippen LogP contribution is 2.34. The lowest BCUT2D eigenvalue weighted by Crippen LogP contribution is -2.23. The van der Waals surface area contributed by atoms with Crippen LogP contribution < -0.4 is 21.5 Å². The van der Waals surface area contributed by atoms with Crippen molar-refractivity contribution in [3.05, 3.63) is 57.9 Å². The summed E-state index contributed by atoms with van der Waals surface area (Å²) in [7, 11) is 7.36. The average Bonchev–Trinajstić information content (AvgIpc) is 3.58. The van der Waals surface area contributed by atoms with Crippen molar-refractivity contribution in [2.75, 3.05) is 43.1 Å². The predicted octanol–water partition coefficient (Wildman–Crippen LogP) is 4.45. The first-order valence-corrected chi connectivity index (χ1v) is 13.8. The van der Waals surface area contributed by atoms with Crippen LogP contribution in [0.15, 0.2) is 35.3 Å². The van der Waals surface area contributed by atoms with E-state index in [1.54, 1.807) is 38.0 Å². The molecule has 0 atom stereocenters. The Morgan fingerprint density at radius 1 is 1.10 bits per heavy atom. The lowest BCUT2D eigenvalue weighted by molar-refractivity contribution is 0.262. The molecule has 3 heterocycles. The van der Waals surface area contributed by atoms with Crippen LogP contribution in [0.1, 0.15) is 42.9 Å². The number of aromatic nitrogens is 5. The predicted molar refractivity (Wildman–Crippen MR) is 159 cm³/mol. The highest BCUT2D eigenvalue weighted by atomic mass is 19.1. The molecule has 5 rings (SSSR count). The maximum Gasteiger partial charge on any atom is 0.324 e. The molecule has 4 aromatic rings. The second-order valence-electron chi connectivity index (χ2n) is 10.9. The Morgan fingerprint density at radius 3 is 2.59 bits per heavy atom. The minimum absolute atomic E-state index is 0.0416. The topological polar surface area (TPSA) is 122 Å². The van der Waals surface area contributed by atoms with Crippen molar-refractivity contribution in [2.24, 2.45) is 14.1 Å². The first-order valence-electron chi connectivity index (χ1n) is 13.8. The molecule has 0 spiro atoms. The average molecular weight is 562 g/mol. The molecule has 1 aliphatic rings. The van der Waals surface area contributed by atoms with E-state index in [2.05, 4.69) is 31.0 Å². The van der Waals surface area contributed by atoms with Gasteiger partial charge in [-0.3, -0.25) is 19.4 Å². The largest absolute Gasteiger partial charge is 0.353 e. The number of carbonyl (C=O) groups is 1. The third-order valence-electron chi connectivity index (χ3n) is 7.56. The van der Waals surface area contributed by atoms with Gasteiger partial charge in [0.05, 0.1) is 11.4 Å². The maximum atomic E-state index is 15.0. The van der Waals surface area contributed by atoms with Crippen molar-refractivity contribution in [1.29, 1.82) is 0 Å². The first kappa shape index (κ1) is 28.2. The Morgan fingerprint density at radius 2 is 1.85 bits per heavy atom. The van der Waals surface area contributed by atoms with E-state index in [1.807, 2.05) is 25.1 Å². The molecule has 11 nitrogen and oxygen atoms in total. The molecule has 1 aromatic carbocycles. The number of halogens is 1. The number of urea groups is 1. The summed E-state index contributed by atoms with van der Waals surface area (Å²) < 4.78 is 18.1. The van der Waals surface area contributed by atoms with Crippen molar-refractivity contribution in [3.8, 4) is 11.1 Å². The highest BCUT2D eigenvalue weighted by molar-refractivity contribution is 6.00. The fraction of sp³-hybridized carbons (Fsp3) is 0.414. The molecule has 0 bridgehead atoms. The summed E-state index contributed by atoms with van der Waals surface area (Å²) in [5.41, 5.74) is 2.51. The molecule has 1 aliphatic carbocycles. The molecule has 1 fully saturated rings. The van der Waals surface area contributed by atoms with Crippen molar-refractivity contribution < 1.29 is 9.18 Å². The second-order valence-corrected chi connectivity index (χ2v) is 10.9. The summed E-state index contributed by atoms with van der Waals surface area (Å²) in [4.78, 5) is 37.3. The molecule has 3 aromatic heterocycles. The summed E-state index contributed by atoms with van der Waals surface area (Å²) in [6, 6.07) is 5.76. The van der Waals surface area contributed by atoms with Crippen molar-refractivity contribution in [3.63, 3.8) is 0 Å². The zero-order valence-electron chi connectivity index (χ0n) is 24.1. The van der Waals surface area contributed by atoms with Gasteiger partial charge in [-0.15, -0.1) is 0 Å². The van der Waals surface area contributed by atoms with Crippen LogP contribution in [0.2, 0.25) is 0 Å². The number of carbonyl (C=O) groups excluding carboxylic acids is 1. The van der Waals surface area contributed by atoms with Crippen LogP contribution in [-0.4, -0.2) is 62.4 Å². The third-order valence-corrected chi connectivity index (χ3v) is 7.56. The number of hydrogen-bond donors (Lipinski definition) is 3. The number of pyridine rings is 1. The van der Waals surface area contributed by atoms with Gasteiger partial charge in [0.15, 0.2) is 0 Å². The second kappa shape index (κ2) is 11.7. The number of nitrogens with zero attached hydrogens (tertiary/aromatic N) is 6. The molecular weight excluding hydrogens is 525 g/mol. The summed E-state index contributed by atoms with van der Waals surface area (Å²) >= 11 is 0. The van der Waals surface area contributed by atoms with Gasteiger partial charge in [0.2, 0.25) is 5.95 Å². The smallest absolute Gasteiger partial charge is 0.324 e. The van der Waals surface area contributed by atoms with Gasteiger partial charge in [0.25, 0.3) is 5.56 Å². The Labute approximate surface area is 237 Å². The first-order chi connectivity index (χ1) is 19.6. The maximum absolute atomic E-state index is 15.0. The Kier molecular flexibility index (Phi) is 8.02. The van der Waals surface area contributed by atoms with Gasteiger partial charge in [-0.05, 0) is 63.2 Å². The zero-order valence-corrected chi connectivity index (χ0v) is 24.1. The van der Waals surface area contributed by atoms with Crippen molar-refractivity contribution in [1.82, 2.24) is 29.2 Å². The molecule has 0 radical (unpaired) electrons. The van der Waals surface area contributed by atoms with Crippen molar-refractivity contribution in [2.45, 2.75) is 38.5 Å². The number of hydrogen-bond acceptors (Lipinski definition) is 7. The molecule has 12 heteroatoms. The lowest BCUT2D eigenvalue weighted by Gasteiger charge is -2.14. The molecule has 0 aliphatic heterocycles. The molecule has 3 N–H and O–H groups in total. The van der Waals surface area contributed by atoms with Crippen LogP contribution in [0, 0.1) is 12.7 Å². The van der Waals surface area contributed by atoms with Crippen LogP contribution in [-0.2, 0) is 14.1 Å². The fourth-order valence-corrected chi connectivity index (χ4v) is 5.27. The van der Waals surface area contributed by atoms with Gasteiger partial charge in [0, 0.05) is 56.3 Å². The van der Waals surface area contributed by atoms with E-state index < -0.39 is 11.8 Å². The molecule has 0 unspecified atom stereocenters.